The van der Waals surface area contributed by atoms with E-state index in [1.807, 2.05) is 55.4 Å². The van der Waals surface area contributed by atoms with Gasteiger partial charge >= 0.3 is 5.97 Å². The van der Waals surface area contributed by atoms with Crippen LogP contribution in [-0.4, -0.2) is 52.4 Å². The molecule has 0 bridgehead atoms. The molecular formula is C27H31N3O4. The highest BCUT2D eigenvalue weighted by Gasteiger charge is 2.53. The highest BCUT2D eigenvalue weighted by molar-refractivity contribution is 5.96. The predicted octanol–water partition coefficient (Wildman–Crippen LogP) is 4.47. The fraction of sp³-hybridized carbons (Fsp3) is 0.333. The summed E-state index contributed by atoms with van der Waals surface area (Å²) in [6.07, 6.45) is 1.67. The van der Waals surface area contributed by atoms with Crippen molar-refractivity contribution in [2.45, 2.75) is 19.4 Å². The number of rotatable bonds is 8. The first kappa shape index (κ1) is 23.4. The third-order valence-electron chi connectivity index (χ3n) is 6.38. The van der Waals surface area contributed by atoms with E-state index >= 15 is 0 Å². The molecule has 0 amide bonds. The molecule has 178 valence electrons. The number of pyridine rings is 1. The number of methoxy groups -OCH3 is 2. The van der Waals surface area contributed by atoms with E-state index in [1.165, 1.54) is 0 Å². The number of hydrogen-bond donors (Lipinski definition) is 0. The number of esters is 1. The molecule has 1 unspecified atom stereocenters. The minimum absolute atomic E-state index is 0.427. The molecule has 0 saturated carbocycles. The number of nitrogens with zero attached hydrogens (tertiary/aromatic N) is 3. The minimum Gasteiger partial charge on any atom is -0.496 e. The van der Waals surface area contributed by atoms with E-state index in [0.29, 0.717) is 33.9 Å². The van der Waals surface area contributed by atoms with Crippen molar-refractivity contribution < 1.29 is 19.0 Å². The van der Waals surface area contributed by atoms with Gasteiger partial charge in [-0.2, -0.15) is 0 Å². The Hall–Kier alpha value is -3.74. The van der Waals surface area contributed by atoms with Gasteiger partial charge in [0, 0.05) is 68.0 Å². The van der Waals surface area contributed by atoms with Gasteiger partial charge in [0.15, 0.2) is 0 Å². The molecular weight excluding hydrogens is 430 g/mol. The maximum atomic E-state index is 13.1. The topological polar surface area (TPSA) is 64.1 Å². The van der Waals surface area contributed by atoms with Gasteiger partial charge in [-0.1, -0.05) is 0 Å². The lowest BCUT2D eigenvalue weighted by Gasteiger charge is -2.33. The summed E-state index contributed by atoms with van der Waals surface area (Å²) < 4.78 is 17.9. The van der Waals surface area contributed by atoms with E-state index in [2.05, 4.69) is 23.7 Å². The molecule has 0 radical (unpaired) electrons. The van der Waals surface area contributed by atoms with Gasteiger partial charge in [-0.3, -0.25) is 4.98 Å². The summed E-state index contributed by atoms with van der Waals surface area (Å²) >= 11 is 0. The first-order valence-electron chi connectivity index (χ1n) is 11.4. The standard InChI is InChI=1S/C27H31N3O4/c1-7-30(8-2)19-12-14-22(24(17-19)33-6)27(25-20(26(31)34-27)10-9-15-28-25)21-13-11-18(29(3)4)16-23(21)32-5/h9-17H,7-8H2,1-6H3. The zero-order valence-corrected chi connectivity index (χ0v) is 20.6. The lowest BCUT2D eigenvalue weighted by molar-refractivity contribution is 0.0230. The summed E-state index contributed by atoms with van der Waals surface area (Å²) in [6, 6.07) is 15.3. The molecule has 1 atom stereocenters. The molecule has 0 spiro atoms. The summed E-state index contributed by atoms with van der Waals surface area (Å²) in [5, 5.41) is 0. The Morgan fingerprint density at radius 3 is 2.06 bits per heavy atom. The minimum atomic E-state index is -1.32. The molecule has 7 heteroatoms. The second kappa shape index (κ2) is 9.25. The largest absolute Gasteiger partial charge is 0.496 e. The zero-order chi connectivity index (χ0) is 24.5. The van der Waals surface area contributed by atoms with Gasteiger partial charge in [0.05, 0.1) is 19.8 Å². The normalized spacial score (nSPS) is 16.6. The molecule has 2 heterocycles. The van der Waals surface area contributed by atoms with Gasteiger partial charge in [-0.15, -0.1) is 0 Å². The summed E-state index contributed by atoms with van der Waals surface area (Å²) in [6.45, 7) is 5.95. The molecule has 0 N–H and O–H groups in total. The first-order valence-corrected chi connectivity index (χ1v) is 11.4. The van der Waals surface area contributed by atoms with Gasteiger partial charge in [0.1, 0.15) is 17.2 Å². The van der Waals surface area contributed by atoms with Crippen LogP contribution < -0.4 is 19.3 Å². The summed E-state index contributed by atoms with van der Waals surface area (Å²) in [4.78, 5) is 22.0. The lowest BCUT2D eigenvalue weighted by atomic mass is 9.81. The highest BCUT2D eigenvalue weighted by atomic mass is 16.6. The van der Waals surface area contributed by atoms with Crippen molar-refractivity contribution in [3.05, 3.63) is 77.1 Å². The van der Waals surface area contributed by atoms with Crippen molar-refractivity contribution in [3.63, 3.8) is 0 Å². The van der Waals surface area contributed by atoms with Crippen LogP contribution in [0.1, 0.15) is 41.0 Å². The fourth-order valence-electron chi connectivity index (χ4n) is 4.61. The number of fused-ring (bicyclic) bond motifs is 1. The molecule has 4 rings (SSSR count). The Balaban J connectivity index is 2.04. The molecule has 34 heavy (non-hydrogen) atoms. The van der Waals surface area contributed by atoms with Gasteiger partial charge in [0.2, 0.25) is 5.60 Å². The monoisotopic (exact) mass is 461 g/mol. The smallest absolute Gasteiger partial charge is 0.341 e. The number of carbonyl (C=O) groups is 1. The van der Waals surface area contributed by atoms with Gasteiger partial charge in [-0.25, -0.2) is 4.79 Å². The van der Waals surface area contributed by atoms with Gasteiger partial charge in [0.25, 0.3) is 0 Å². The highest BCUT2D eigenvalue weighted by Crippen LogP contribution is 2.52. The average molecular weight is 462 g/mol. The van der Waals surface area contributed by atoms with Crippen molar-refractivity contribution in [3.8, 4) is 11.5 Å². The summed E-state index contributed by atoms with van der Waals surface area (Å²) in [5.74, 6) is 0.763. The predicted molar refractivity (Wildman–Crippen MR) is 133 cm³/mol. The third kappa shape index (κ3) is 3.61. The molecule has 0 saturated heterocycles. The van der Waals surface area contributed by atoms with Gasteiger partial charge in [-0.05, 0) is 50.2 Å². The van der Waals surface area contributed by atoms with Crippen LogP contribution in [0, 0.1) is 0 Å². The van der Waals surface area contributed by atoms with Crippen molar-refractivity contribution in [2.24, 2.45) is 0 Å². The average Bonchev–Trinajstić information content (AvgIpc) is 3.17. The number of cyclic esters (lactones) is 1. The van der Waals surface area contributed by atoms with E-state index in [1.54, 1.807) is 32.5 Å². The van der Waals surface area contributed by atoms with Crippen molar-refractivity contribution >= 4 is 17.3 Å². The van der Waals surface area contributed by atoms with E-state index in [4.69, 9.17) is 14.2 Å². The number of ether oxygens (including phenoxy) is 3. The molecule has 1 aliphatic rings. The zero-order valence-electron chi connectivity index (χ0n) is 20.6. The van der Waals surface area contributed by atoms with Crippen LogP contribution in [-0.2, 0) is 10.3 Å². The Kier molecular flexibility index (Phi) is 6.37. The van der Waals surface area contributed by atoms with Crippen LogP contribution in [0.5, 0.6) is 11.5 Å². The number of benzene rings is 2. The Bertz CT molecular complexity index is 1210. The van der Waals surface area contributed by atoms with Crippen LogP contribution in [0.25, 0.3) is 0 Å². The Morgan fingerprint density at radius 1 is 0.912 bits per heavy atom. The van der Waals surface area contributed by atoms with Crippen molar-refractivity contribution in [1.82, 2.24) is 4.98 Å². The first-order chi connectivity index (χ1) is 16.4. The fourth-order valence-corrected chi connectivity index (χ4v) is 4.61. The quantitative estimate of drug-likeness (QED) is 0.459. The molecule has 3 aromatic rings. The van der Waals surface area contributed by atoms with Crippen LogP contribution in [0.4, 0.5) is 11.4 Å². The Labute approximate surface area is 200 Å². The van der Waals surface area contributed by atoms with E-state index in [9.17, 15) is 4.79 Å². The summed E-state index contributed by atoms with van der Waals surface area (Å²) in [7, 11) is 7.17. The third-order valence-corrected chi connectivity index (χ3v) is 6.38. The van der Waals surface area contributed by atoms with E-state index < -0.39 is 11.6 Å². The lowest BCUT2D eigenvalue weighted by Crippen LogP contribution is -2.32. The van der Waals surface area contributed by atoms with Crippen LogP contribution in [0.2, 0.25) is 0 Å². The molecule has 0 aliphatic carbocycles. The van der Waals surface area contributed by atoms with Crippen molar-refractivity contribution in [1.29, 1.82) is 0 Å². The van der Waals surface area contributed by atoms with Gasteiger partial charge < -0.3 is 24.0 Å². The molecule has 0 fully saturated rings. The molecule has 1 aliphatic heterocycles. The number of carbonyl (C=O) groups excluding carboxylic acids is 1. The SMILES string of the molecule is CCN(CC)c1ccc(C2(c3ccc(N(C)C)cc3OC)OC(=O)c3cccnc32)c(OC)c1. The second-order valence-electron chi connectivity index (χ2n) is 8.31. The summed E-state index contributed by atoms with van der Waals surface area (Å²) in [5.41, 5.74) is 2.98. The Morgan fingerprint density at radius 2 is 1.50 bits per heavy atom. The van der Waals surface area contributed by atoms with Crippen molar-refractivity contribution in [2.75, 3.05) is 51.2 Å². The number of anilines is 2. The maximum absolute atomic E-state index is 13.1. The molecule has 1 aromatic heterocycles. The van der Waals surface area contributed by atoms with Crippen LogP contribution in [0.3, 0.4) is 0 Å². The molecule has 2 aromatic carbocycles. The number of aromatic nitrogens is 1. The molecule has 7 nitrogen and oxygen atoms in total. The number of hydrogen-bond acceptors (Lipinski definition) is 7. The van der Waals surface area contributed by atoms with Crippen LogP contribution >= 0.6 is 0 Å². The maximum Gasteiger partial charge on any atom is 0.341 e. The van der Waals surface area contributed by atoms with E-state index in [0.717, 1.165) is 24.5 Å². The van der Waals surface area contributed by atoms with Crippen LogP contribution in [0.15, 0.2) is 54.7 Å². The second-order valence-corrected chi connectivity index (χ2v) is 8.31. The van der Waals surface area contributed by atoms with E-state index in [-0.39, 0.29) is 0 Å².